The number of nitrogens with zero attached hydrogens (tertiary/aromatic N) is 2. The van der Waals surface area contributed by atoms with E-state index in [-0.39, 0.29) is 17.3 Å². The van der Waals surface area contributed by atoms with Crippen LogP contribution in [0.3, 0.4) is 0 Å². The third-order valence-electron chi connectivity index (χ3n) is 2.66. The molecule has 21 heavy (non-hydrogen) atoms. The molecule has 1 aromatic carbocycles. The number of pyridine rings is 1. The molecule has 0 atom stereocenters. The minimum absolute atomic E-state index is 0.00338. The highest BCUT2D eigenvalue weighted by Gasteiger charge is 2.15. The fourth-order valence-corrected chi connectivity index (χ4v) is 3.11. The smallest absolute Gasteiger partial charge is 0.181 e. The second kappa shape index (κ2) is 6.70. The zero-order chi connectivity index (χ0) is 15.3. The molecular weight excluding hydrogens is 356 g/mol. The van der Waals surface area contributed by atoms with Crippen LogP contribution in [0.1, 0.15) is 5.56 Å². The Hall–Kier alpha value is -1.91. The van der Waals surface area contributed by atoms with E-state index in [2.05, 4.69) is 20.9 Å². The zero-order valence-electron chi connectivity index (χ0n) is 10.9. The van der Waals surface area contributed by atoms with Gasteiger partial charge in [-0.05, 0) is 46.3 Å². The van der Waals surface area contributed by atoms with Crippen molar-refractivity contribution in [3.05, 3.63) is 52.8 Å². The van der Waals surface area contributed by atoms with Crippen LogP contribution < -0.4 is 4.74 Å². The molecule has 1 heterocycles. The van der Waals surface area contributed by atoms with Crippen LogP contribution >= 0.6 is 15.9 Å². The van der Waals surface area contributed by atoms with E-state index in [1.54, 1.807) is 30.5 Å². The molecule has 0 spiro atoms. The zero-order valence-corrected chi connectivity index (χ0v) is 13.3. The Balaban J connectivity index is 2.05. The fourth-order valence-electron chi connectivity index (χ4n) is 1.62. The lowest BCUT2D eigenvalue weighted by molar-refractivity contribution is 0.337. The van der Waals surface area contributed by atoms with Crippen molar-refractivity contribution in [3.63, 3.8) is 0 Å². The lowest BCUT2D eigenvalue weighted by Gasteiger charge is -2.08. The fraction of sp³-hybridized carbons (Fsp3) is 0.143. The Morgan fingerprint density at radius 2 is 2.10 bits per heavy atom. The Kier molecular flexibility index (Phi) is 4.94. The first-order valence-electron chi connectivity index (χ1n) is 5.99. The summed E-state index contributed by atoms with van der Waals surface area (Å²) < 4.78 is 30.2. The van der Waals surface area contributed by atoms with Gasteiger partial charge in [-0.2, -0.15) is 5.26 Å². The number of hydrogen-bond donors (Lipinski definition) is 0. The van der Waals surface area contributed by atoms with E-state index in [0.29, 0.717) is 15.9 Å². The normalized spacial score (nSPS) is 10.9. The van der Waals surface area contributed by atoms with Crippen molar-refractivity contribution in [2.75, 3.05) is 12.4 Å². The quantitative estimate of drug-likeness (QED) is 0.759. The van der Waals surface area contributed by atoms with Crippen LogP contribution in [-0.2, 0) is 9.84 Å². The number of benzene rings is 1. The monoisotopic (exact) mass is 366 g/mol. The Morgan fingerprint density at radius 3 is 2.81 bits per heavy atom. The molecule has 2 aromatic rings. The molecule has 0 aliphatic carbocycles. The van der Waals surface area contributed by atoms with E-state index in [1.807, 2.05) is 6.07 Å². The molecule has 108 valence electrons. The highest BCUT2D eigenvalue weighted by atomic mass is 79.9. The van der Waals surface area contributed by atoms with E-state index in [0.717, 1.165) is 0 Å². The van der Waals surface area contributed by atoms with Crippen molar-refractivity contribution in [1.82, 2.24) is 4.98 Å². The van der Waals surface area contributed by atoms with Gasteiger partial charge in [0.1, 0.15) is 11.2 Å². The number of aromatic nitrogens is 1. The maximum atomic E-state index is 12.2. The van der Waals surface area contributed by atoms with E-state index in [1.165, 1.54) is 12.1 Å². The first kappa shape index (κ1) is 15.5. The molecule has 0 N–H and O–H groups in total. The van der Waals surface area contributed by atoms with Gasteiger partial charge in [0.05, 0.1) is 22.3 Å². The van der Waals surface area contributed by atoms with Gasteiger partial charge >= 0.3 is 0 Å². The lowest BCUT2D eigenvalue weighted by atomic mass is 10.2. The third-order valence-corrected chi connectivity index (χ3v) is 4.93. The summed E-state index contributed by atoms with van der Waals surface area (Å²) in [6.45, 7) is 0.00338. The molecule has 1 aromatic heterocycles. The van der Waals surface area contributed by atoms with Crippen molar-refractivity contribution < 1.29 is 13.2 Å². The van der Waals surface area contributed by atoms with Crippen LogP contribution in [0.5, 0.6) is 5.75 Å². The number of rotatable bonds is 5. The van der Waals surface area contributed by atoms with Gasteiger partial charge in [-0.15, -0.1) is 0 Å². The SMILES string of the molecule is N#Cc1cccc(S(=O)(=O)CCOc2cccnc2Br)c1. The molecule has 0 unspecified atom stereocenters. The first-order chi connectivity index (χ1) is 10.0. The molecule has 0 amide bonds. The second-order valence-corrected chi connectivity index (χ2v) is 6.96. The molecule has 0 bridgehead atoms. The van der Waals surface area contributed by atoms with Gasteiger partial charge < -0.3 is 4.74 Å². The van der Waals surface area contributed by atoms with Crippen molar-refractivity contribution in [2.45, 2.75) is 4.90 Å². The summed E-state index contributed by atoms with van der Waals surface area (Å²) >= 11 is 3.22. The molecule has 0 saturated heterocycles. The highest BCUT2D eigenvalue weighted by molar-refractivity contribution is 9.10. The lowest BCUT2D eigenvalue weighted by Crippen LogP contribution is -2.14. The summed E-state index contributed by atoms with van der Waals surface area (Å²) in [7, 11) is -3.49. The van der Waals surface area contributed by atoms with Crippen LogP contribution in [0.15, 0.2) is 52.1 Å². The highest BCUT2D eigenvalue weighted by Crippen LogP contribution is 2.21. The summed E-state index contributed by atoms with van der Waals surface area (Å²) in [5, 5.41) is 8.80. The minimum atomic E-state index is -3.49. The molecule has 0 aliphatic rings. The van der Waals surface area contributed by atoms with Crippen molar-refractivity contribution >= 4 is 25.8 Å². The van der Waals surface area contributed by atoms with Gasteiger partial charge in [0, 0.05) is 6.20 Å². The maximum Gasteiger partial charge on any atom is 0.181 e. The Morgan fingerprint density at radius 1 is 1.29 bits per heavy atom. The summed E-state index contributed by atoms with van der Waals surface area (Å²) in [5.41, 5.74) is 0.312. The molecule has 0 fully saturated rings. The average Bonchev–Trinajstić information content (AvgIpc) is 2.49. The summed E-state index contributed by atoms with van der Waals surface area (Å²) in [4.78, 5) is 4.10. The van der Waals surface area contributed by atoms with Crippen molar-refractivity contribution in [2.24, 2.45) is 0 Å². The number of sulfone groups is 1. The van der Waals surface area contributed by atoms with Crippen molar-refractivity contribution in [3.8, 4) is 11.8 Å². The van der Waals surface area contributed by atoms with E-state index in [4.69, 9.17) is 10.00 Å². The van der Waals surface area contributed by atoms with Crippen LogP contribution in [0, 0.1) is 11.3 Å². The molecule has 5 nitrogen and oxygen atoms in total. The summed E-state index contributed by atoms with van der Waals surface area (Å²) in [6, 6.07) is 11.2. The van der Waals surface area contributed by atoms with Gasteiger partial charge in [0.15, 0.2) is 15.6 Å². The van der Waals surface area contributed by atoms with Gasteiger partial charge in [-0.3, -0.25) is 0 Å². The van der Waals surface area contributed by atoms with Gasteiger partial charge in [-0.25, -0.2) is 13.4 Å². The Labute approximate surface area is 131 Å². The molecule has 2 rings (SSSR count). The number of ether oxygens (including phenoxy) is 1. The molecular formula is C14H11BrN2O3S. The average molecular weight is 367 g/mol. The minimum Gasteiger partial charge on any atom is -0.490 e. The predicted octanol–water partition coefficient (Wildman–Crippen LogP) is 2.57. The van der Waals surface area contributed by atoms with E-state index in [9.17, 15) is 8.42 Å². The Bertz CT molecular complexity index is 785. The number of hydrogen-bond acceptors (Lipinski definition) is 5. The topological polar surface area (TPSA) is 80.0 Å². The van der Waals surface area contributed by atoms with Crippen LogP contribution in [0.4, 0.5) is 0 Å². The second-order valence-electron chi connectivity index (χ2n) is 4.10. The first-order valence-corrected chi connectivity index (χ1v) is 8.44. The van der Waals surface area contributed by atoms with Gasteiger partial charge in [0.25, 0.3) is 0 Å². The number of nitriles is 1. The van der Waals surface area contributed by atoms with Crippen LogP contribution in [0.25, 0.3) is 0 Å². The van der Waals surface area contributed by atoms with Crippen molar-refractivity contribution in [1.29, 1.82) is 5.26 Å². The van der Waals surface area contributed by atoms with Crippen LogP contribution in [0.2, 0.25) is 0 Å². The van der Waals surface area contributed by atoms with Gasteiger partial charge in [-0.1, -0.05) is 6.07 Å². The molecule has 0 saturated carbocycles. The van der Waals surface area contributed by atoms with E-state index >= 15 is 0 Å². The molecule has 0 radical (unpaired) electrons. The summed E-state index contributed by atoms with van der Waals surface area (Å²) in [6.07, 6.45) is 1.60. The predicted molar refractivity (Wildman–Crippen MR) is 80.6 cm³/mol. The third kappa shape index (κ3) is 4.03. The molecule has 0 aliphatic heterocycles. The van der Waals surface area contributed by atoms with Crippen LogP contribution in [-0.4, -0.2) is 25.8 Å². The van der Waals surface area contributed by atoms with Gasteiger partial charge in [0.2, 0.25) is 0 Å². The molecule has 7 heteroatoms. The number of halogens is 1. The largest absolute Gasteiger partial charge is 0.490 e. The standard InChI is InChI=1S/C14H11BrN2O3S/c15-14-13(5-2-6-17-14)20-7-8-21(18,19)12-4-1-3-11(9-12)10-16/h1-6,9H,7-8H2. The summed E-state index contributed by atoms with van der Waals surface area (Å²) in [5.74, 6) is 0.307. The van der Waals surface area contributed by atoms with E-state index < -0.39 is 9.84 Å². The maximum absolute atomic E-state index is 12.2.